The van der Waals surface area contributed by atoms with Crippen LogP contribution in [0.15, 0.2) is 34.1 Å². The van der Waals surface area contributed by atoms with Crippen molar-refractivity contribution in [3.05, 3.63) is 75.6 Å². The SMILES string of the molecule is Cc1cc(C(C)(C)C)c2c(c1)S(=O)(=O)c1cc(C)cc(C(C)(C)C)c1OP(Oc1c(F)c(F)c(F)c(F)c1F)O2. The zero-order valence-electron chi connectivity index (χ0n) is 23.1. The first-order valence-corrected chi connectivity index (χ1v) is 14.7. The Balaban J connectivity index is 2.09. The topological polar surface area (TPSA) is 61.8 Å². The van der Waals surface area contributed by atoms with Crippen molar-refractivity contribution >= 4 is 18.4 Å². The fraction of sp³-hybridized carbons (Fsp3) is 0.357. The Labute approximate surface area is 231 Å². The van der Waals surface area contributed by atoms with E-state index >= 15 is 0 Å². The molecule has 216 valence electrons. The first-order chi connectivity index (χ1) is 18.2. The minimum atomic E-state index is -4.32. The number of rotatable bonds is 2. The summed E-state index contributed by atoms with van der Waals surface area (Å²) in [6, 6.07) is 6.14. The second-order valence-corrected chi connectivity index (χ2v) is 14.6. The van der Waals surface area contributed by atoms with Gasteiger partial charge in [0, 0.05) is 11.1 Å². The van der Waals surface area contributed by atoms with E-state index in [1.165, 1.54) is 12.1 Å². The maximum absolute atomic E-state index is 14.7. The Bertz CT molecular complexity index is 1530. The monoisotopic (exact) mass is 602 g/mol. The molecule has 12 heteroatoms. The van der Waals surface area contributed by atoms with Crippen molar-refractivity contribution in [3.63, 3.8) is 0 Å². The molecule has 0 amide bonds. The molecule has 40 heavy (non-hydrogen) atoms. The van der Waals surface area contributed by atoms with Crippen molar-refractivity contribution in [2.45, 2.75) is 76.0 Å². The smallest absolute Gasteiger partial charge is 0.407 e. The third kappa shape index (κ3) is 5.14. The number of fused-ring (bicyclic) bond motifs is 2. The average Bonchev–Trinajstić information content (AvgIpc) is 2.83. The average molecular weight is 603 g/mol. The van der Waals surface area contributed by atoms with Gasteiger partial charge in [-0.1, -0.05) is 53.7 Å². The highest BCUT2D eigenvalue weighted by Gasteiger charge is 2.41. The quantitative estimate of drug-likeness (QED) is 0.127. The summed E-state index contributed by atoms with van der Waals surface area (Å²) in [6.07, 6.45) is 0. The van der Waals surface area contributed by atoms with Crippen LogP contribution < -0.4 is 13.6 Å². The van der Waals surface area contributed by atoms with Crippen LogP contribution >= 0.6 is 8.60 Å². The van der Waals surface area contributed by atoms with Crippen LogP contribution in [0.3, 0.4) is 0 Å². The van der Waals surface area contributed by atoms with Crippen molar-refractivity contribution < 1.29 is 43.9 Å². The lowest BCUT2D eigenvalue weighted by Crippen LogP contribution is -2.22. The lowest BCUT2D eigenvalue weighted by molar-refractivity contribution is 0.319. The molecule has 0 N–H and O–H groups in total. The van der Waals surface area contributed by atoms with Gasteiger partial charge in [-0.25, -0.2) is 21.6 Å². The summed E-state index contributed by atoms with van der Waals surface area (Å²) in [4.78, 5) is -0.498. The summed E-state index contributed by atoms with van der Waals surface area (Å²) in [5.74, 6) is -13.2. The van der Waals surface area contributed by atoms with E-state index < -0.39 is 64.1 Å². The van der Waals surface area contributed by atoms with Crippen LogP contribution in [-0.2, 0) is 20.7 Å². The first-order valence-electron chi connectivity index (χ1n) is 12.2. The predicted octanol–water partition coefficient (Wildman–Crippen LogP) is 8.50. The summed E-state index contributed by atoms with van der Waals surface area (Å²) in [5, 5.41) is 0. The number of sulfone groups is 1. The van der Waals surface area contributed by atoms with Crippen LogP contribution in [0.4, 0.5) is 22.0 Å². The fourth-order valence-electron chi connectivity index (χ4n) is 4.24. The molecule has 0 aliphatic carbocycles. The van der Waals surface area contributed by atoms with Gasteiger partial charge in [0.25, 0.3) is 0 Å². The molecule has 3 aromatic rings. The van der Waals surface area contributed by atoms with E-state index in [4.69, 9.17) is 13.6 Å². The molecule has 1 aliphatic heterocycles. The number of hydrogen-bond acceptors (Lipinski definition) is 5. The molecule has 0 atom stereocenters. The maximum atomic E-state index is 14.7. The Morgan fingerprint density at radius 1 is 0.650 bits per heavy atom. The Morgan fingerprint density at radius 3 is 1.35 bits per heavy atom. The van der Waals surface area contributed by atoms with Crippen LogP contribution in [0.25, 0.3) is 0 Å². The van der Waals surface area contributed by atoms with E-state index in [0.29, 0.717) is 22.3 Å². The second kappa shape index (κ2) is 9.87. The molecular formula is C28H28F5O5PS. The van der Waals surface area contributed by atoms with Gasteiger partial charge in [0.05, 0.1) is 0 Å². The lowest BCUT2D eigenvalue weighted by atomic mass is 9.85. The number of benzene rings is 3. The first kappa shape index (κ1) is 30.1. The van der Waals surface area contributed by atoms with Gasteiger partial charge in [-0.2, -0.15) is 8.78 Å². The van der Waals surface area contributed by atoms with Gasteiger partial charge in [-0.3, -0.25) is 0 Å². The van der Waals surface area contributed by atoms with Gasteiger partial charge in [0.2, 0.25) is 44.7 Å². The molecule has 1 aliphatic rings. The van der Waals surface area contributed by atoms with Crippen molar-refractivity contribution in [2.75, 3.05) is 0 Å². The van der Waals surface area contributed by atoms with Gasteiger partial charge < -0.3 is 13.6 Å². The van der Waals surface area contributed by atoms with E-state index in [1.54, 1.807) is 67.5 Å². The van der Waals surface area contributed by atoms with Crippen LogP contribution in [-0.4, -0.2) is 8.42 Å². The van der Waals surface area contributed by atoms with E-state index in [2.05, 4.69) is 0 Å². The van der Waals surface area contributed by atoms with Gasteiger partial charge in [0.15, 0.2) is 11.5 Å². The minimum Gasteiger partial charge on any atom is -0.407 e. The van der Waals surface area contributed by atoms with Crippen LogP contribution in [0.2, 0.25) is 0 Å². The minimum absolute atomic E-state index is 0.211. The maximum Gasteiger partial charge on any atom is 0.530 e. The number of aryl methyl sites for hydroxylation is 2. The second-order valence-electron chi connectivity index (χ2n) is 11.7. The van der Waals surface area contributed by atoms with Crippen molar-refractivity contribution in [1.29, 1.82) is 0 Å². The van der Waals surface area contributed by atoms with Gasteiger partial charge >= 0.3 is 8.60 Å². The Morgan fingerprint density at radius 2 is 1.00 bits per heavy atom. The molecule has 0 saturated heterocycles. The molecule has 0 unspecified atom stereocenters. The molecule has 0 bridgehead atoms. The molecule has 0 spiro atoms. The zero-order chi connectivity index (χ0) is 30.1. The highest BCUT2D eigenvalue weighted by atomic mass is 32.2. The van der Waals surface area contributed by atoms with Gasteiger partial charge in [0.1, 0.15) is 9.79 Å². The van der Waals surface area contributed by atoms with Crippen molar-refractivity contribution in [2.24, 2.45) is 0 Å². The molecule has 0 aromatic heterocycles. The van der Waals surface area contributed by atoms with Crippen LogP contribution in [0.5, 0.6) is 17.2 Å². The molecule has 1 heterocycles. The largest absolute Gasteiger partial charge is 0.530 e. The lowest BCUT2D eigenvalue weighted by Gasteiger charge is -2.31. The molecule has 4 rings (SSSR count). The fourth-order valence-corrected chi connectivity index (χ4v) is 7.19. The highest BCUT2D eigenvalue weighted by Crippen LogP contribution is 2.55. The standard InChI is InChI=1S/C28H28F5O5PS/c1-13-9-15(27(3,4)5)24-17(11-13)40(34,35)18-12-14(2)10-16(28(6,7)8)25(18)37-39(36-24)38-26-22(32)20(30)19(29)21(31)23(26)33/h9-12H,1-8H3. The molecule has 5 nitrogen and oxygen atoms in total. The third-order valence-corrected chi connectivity index (χ3v) is 9.02. The molecule has 0 radical (unpaired) electrons. The molecule has 0 saturated carbocycles. The van der Waals surface area contributed by atoms with E-state index in [0.717, 1.165) is 0 Å². The summed E-state index contributed by atoms with van der Waals surface area (Å²) < 4.78 is 117. The normalized spacial score (nSPS) is 15.3. The zero-order valence-corrected chi connectivity index (χ0v) is 24.8. The van der Waals surface area contributed by atoms with Gasteiger partial charge in [-0.15, -0.1) is 0 Å². The Kier molecular flexibility index (Phi) is 7.42. The number of halogens is 5. The molecule has 3 aromatic carbocycles. The summed E-state index contributed by atoms with van der Waals surface area (Å²) >= 11 is 0. The van der Waals surface area contributed by atoms with E-state index in [1.807, 2.05) is 0 Å². The Hall–Kier alpha value is -2.91. The summed E-state index contributed by atoms with van der Waals surface area (Å²) in [5.41, 5.74) is 0.566. The third-order valence-electron chi connectivity index (χ3n) is 6.26. The van der Waals surface area contributed by atoms with Crippen molar-refractivity contribution in [3.8, 4) is 17.2 Å². The van der Waals surface area contributed by atoms with E-state index in [9.17, 15) is 30.4 Å². The summed E-state index contributed by atoms with van der Waals surface area (Å²) in [6.45, 7) is 14.2. The summed E-state index contributed by atoms with van der Waals surface area (Å²) in [7, 11) is -7.34. The number of hydrogen-bond donors (Lipinski definition) is 0. The van der Waals surface area contributed by atoms with Crippen molar-refractivity contribution in [1.82, 2.24) is 0 Å². The predicted molar refractivity (Wildman–Crippen MR) is 140 cm³/mol. The van der Waals surface area contributed by atoms with Gasteiger partial charge in [-0.05, 0) is 47.9 Å². The highest BCUT2D eigenvalue weighted by molar-refractivity contribution is 7.91. The molecular weight excluding hydrogens is 574 g/mol. The molecule has 0 fully saturated rings. The van der Waals surface area contributed by atoms with E-state index in [-0.39, 0.29) is 21.3 Å². The van der Waals surface area contributed by atoms with Crippen LogP contribution in [0.1, 0.15) is 63.8 Å². The van der Waals surface area contributed by atoms with Crippen LogP contribution in [0, 0.1) is 42.9 Å².